The van der Waals surface area contributed by atoms with Crippen LogP contribution in [-0.2, 0) is 4.79 Å². The first kappa shape index (κ1) is 16.4. The highest BCUT2D eigenvalue weighted by atomic mass is 16.2. The maximum atomic E-state index is 13.2. The molecular weight excluding hydrogens is 320 g/mol. The lowest BCUT2D eigenvalue weighted by Crippen LogP contribution is -2.33. The van der Waals surface area contributed by atoms with Gasteiger partial charge in [0.05, 0.1) is 0 Å². The third kappa shape index (κ3) is 2.66. The Morgan fingerprint density at radius 3 is 1.81 bits per heavy atom. The molecule has 0 bridgehead atoms. The summed E-state index contributed by atoms with van der Waals surface area (Å²) in [7, 11) is 1.85. The molecule has 4 rings (SSSR count). The highest BCUT2D eigenvalue weighted by Gasteiger charge is 2.39. The summed E-state index contributed by atoms with van der Waals surface area (Å²) in [5, 5.41) is 0. The van der Waals surface area contributed by atoms with Crippen LogP contribution in [0.5, 0.6) is 0 Å². The SMILES string of the molecule is Cc1ccc(N(c2ccc(C)cc2)C2C(=O)N(C)c3ccccc32)cc1. The number of rotatable bonds is 3. The van der Waals surface area contributed by atoms with E-state index in [2.05, 4.69) is 73.3 Å². The van der Waals surface area contributed by atoms with E-state index in [0.717, 1.165) is 22.6 Å². The predicted molar refractivity (Wildman–Crippen MR) is 107 cm³/mol. The molecule has 0 fully saturated rings. The maximum absolute atomic E-state index is 13.2. The minimum absolute atomic E-state index is 0.0901. The molecular formula is C23H22N2O. The number of likely N-dealkylation sites (N-methyl/N-ethyl adjacent to an activating group) is 1. The lowest BCUT2D eigenvalue weighted by molar-refractivity contribution is -0.118. The monoisotopic (exact) mass is 342 g/mol. The topological polar surface area (TPSA) is 23.6 Å². The van der Waals surface area contributed by atoms with Crippen LogP contribution in [0.1, 0.15) is 22.7 Å². The van der Waals surface area contributed by atoms with Gasteiger partial charge in [0.2, 0.25) is 0 Å². The zero-order valence-corrected chi connectivity index (χ0v) is 15.3. The predicted octanol–water partition coefficient (Wildman–Crippen LogP) is 5.16. The molecule has 1 aliphatic rings. The molecule has 0 saturated carbocycles. The number of fused-ring (bicyclic) bond motifs is 1. The Morgan fingerprint density at radius 2 is 1.27 bits per heavy atom. The van der Waals surface area contributed by atoms with E-state index in [9.17, 15) is 4.79 Å². The Morgan fingerprint density at radius 1 is 0.769 bits per heavy atom. The Labute approximate surface area is 154 Å². The molecule has 3 nitrogen and oxygen atoms in total. The van der Waals surface area contributed by atoms with Crippen molar-refractivity contribution in [1.29, 1.82) is 0 Å². The average Bonchev–Trinajstić information content (AvgIpc) is 2.90. The van der Waals surface area contributed by atoms with E-state index in [-0.39, 0.29) is 11.9 Å². The van der Waals surface area contributed by atoms with Gasteiger partial charge in [0.15, 0.2) is 0 Å². The molecule has 3 aromatic rings. The molecule has 130 valence electrons. The Hall–Kier alpha value is -3.07. The smallest absolute Gasteiger partial charge is 0.254 e. The summed E-state index contributed by atoms with van der Waals surface area (Å²) < 4.78 is 0. The van der Waals surface area contributed by atoms with Crippen molar-refractivity contribution in [3.8, 4) is 0 Å². The molecule has 0 aliphatic carbocycles. The van der Waals surface area contributed by atoms with E-state index in [1.807, 2.05) is 25.2 Å². The standard InChI is InChI=1S/C23H22N2O/c1-16-8-12-18(13-9-16)25(19-14-10-17(2)11-15-19)22-20-6-4-5-7-21(20)24(3)23(22)26/h4-15,22H,1-3H3. The first-order chi connectivity index (χ1) is 12.6. The number of anilines is 3. The second-order valence-corrected chi connectivity index (χ2v) is 6.90. The maximum Gasteiger partial charge on any atom is 0.254 e. The highest BCUT2D eigenvalue weighted by Crippen LogP contribution is 2.44. The number of nitrogens with zero attached hydrogens (tertiary/aromatic N) is 2. The fraction of sp³-hybridized carbons (Fsp3) is 0.174. The third-order valence-corrected chi connectivity index (χ3v) is 5.04. The molecule has 1 unspecified atom stereocenters. The van der Waals surface area contributed by atoms with Crippen LogP contribution >= 0.6 is 0 Å². The van der Waals surface area contributed by atoms with Crippen molar-refractivity contribution in [2.45, 2.75) is 19.9 Å². The number of aryl methyl sites for hydroxylation is 2. The van der Waals surface area contributed by atoms with Crippen LogP contribution in [-0.4, -0.2) is 13.0 Å². The third-order valence-electron chi connectivity index (χ3n) is 5.04. The molecule has 0 saturated heterocycles. The summed E-state index contributed by atoms with van der Waals surface area (Å²) >= 11 is 0. The van der Waals surface area contributed by atoms with Gasteiger partial charge in [-0.1, -0.05) is 53.6 Å². The zero-order chi connectivity index (χ0) is 18.3. The van der Waals surface area contributed by atoms with Gasteiger partial charge in [-0.15, -0.1) is 0 Å². The van der Waals surface area contributed by atoms with Crippen LogP contribution < -0.4 is 9.80 Å². The zero-order valence-electron chi connectivity index (χ0n) is 15.3. The van der Waals surface area contributed by atoms with E-state index in [1.54, 1.807) is 4.90 Å². The van der Waals surface area contributed by atoms with Crippen LogP contribution in [0, 0.1) is 13.8 Å². The van der Waals surface area contributed by atoms with Gasteiger partial charge in [0, 0.05) is 29.7 Å². The lowest BCUT2D eigenvalue weighted by Gasteiger charge is -2.31. The summed E-state index contributed by atoms with van der Waals surface area (Å²) in [6.45, 7) is 4.15. The first-order valence-electron chi connectivity index (χ1n) is 8.85. The largest absolute Gasteiger partial charge is 0.325 e. The highest BCUT2D eigenvalue weighted by molar-refractivity contribution is 6.07. The van der Waals surface area contributed by atoms with Crippen molar-refractivity contribution in [2.24, 2.45) is 0 Å². The van der Waals surface area contributed by atoms with Crippen LogP contribution in [0.2, 0.25) is 0 Å². The molecule has 26 heavy (non-hydrogen) atoms. The van der Waals surface area contributed by atoms with E-state index >= 15 is 0 Å². The molecule has 0 aromatic heterocycles. The van der Waals surface area contributed by atoms with Crippen molar-refractivity contribution in [1.82, 2.24) is 0 Å². The van der Waals surface area contributed by atoms with Gasteiger partial charge in [-0.2, -0.15) is 0 Å². The average molecular weight is 342 g/mol. The molecule has 3 heteroatoms. The van der Waals surface area contributed by atoms with Crippen molar-refractivity contribution in [3.63, 3.8) is 0 Å². The molecule has 1 amide bonds. The van der Waals surface area contributed by atoms with Gasteiger partial charge in [0.1, 0.15) is 6.04 Å². The van der Waals surface area contributed by atoms with Gasteiger partial charge in [-0.25, -0.2) is 0 Å². The summed E-state index contributed by atoms with van der Waals surface area (Å²) in [4.78, 5) is 17.1. The molecule has 1 aliphatic heterocycles. The summed E-state index contributed by atoms with van der Waals surface area (Å²) in [6, 6.07) is 24.4. The molecule has 0 radical (unpaired) electrons. The second-order valence-electron chi connectivity index (χ2n) is 6.90. The minimum atomic E-state index is -0.360. The van der Waals surface area contributed by atoms with Crippen LogP contribution in [0.15, 0.2) is 72.8 Å². The Kier molecular flexibility index (Phi) is 4.00. The number of carbonyl (C=O) groups excluding carboxylic acids is 1. The number of benzene rings is 3. The van der Waals surface area contributed by atoms with Crippen molar-refractivity contribution in [3.05, 3.63) is 89.5 Å². The van der Waals surface area contributed by atoms with Crippen molar-refractivity contribution in [2.75, 3.05) is 16.8 Å². The summed E-state index contributed by atoms with van der Waals surface area (Å²) in [5.74, 6) is 0.0901. The minimum Gasteiger partial charge on any atom is -0.325 e. The number of hydrogen-bond donors (Lipinski definition) is 0. The van der Waals surface area contributed by atoms with Crippen LogP contribution in [0.25, 0.3) is 0 Å². The summed E-state index contributed by atoms with van der Waals surface area (Å²) in [5.41, 5.74) is 6.46. The molecule has 1 heterocycles. The van der Waals surface area contributed by atoms with E-state index in [0.29, 0.717) is 0 Å². The van der Waals surface area contributed by atoms with Gasteiger partial charge < -0.3 is 9.80 Å². The van der Waals surface area contributed by atoms with Crippen molar-refractivity contribution >= 4 is 23.0 Å². The normalized spacial score (nSPS) is 15.9. The summed E-state index contributed by atoms with van der Waals surface area (Å²) in [6.07, 6.45) is 0. The second kappa shape index (κ2) is 6.34. The number of para-hydroxylation sites is 1. The number of carbonyl (C=O) groups is 1. The molecule has 1 atom stereocenters. The Bertz CT molecular complexity index is 899. The Balaban J connectivity index is 1.89. The number of amides is 1. The van der Waals surface area contributed by atoms with Gasteiger partial charge in [-0.05, 0) is 44.2 Å². The van der Waals surface area contributed by atoms with E-state index in [4.69, 9.17) is 0 Å². The quantitative estimate of drug-likeness (QED) is 0.656. The van der Waals surface area contributed by atoms with Crippen LogP contribution in [0.3, 0.4) is 0 Å². The van der Waals surface area contributed by atoms with Gasteiger partial charge >= 0.3 is 0 Å². The van der Waals surface area contributed by atoms with Gasteiger partial charge in [0.25, 0.3) is 5.91 Å². The fourth-order valence-corrected chi connectivity index (χ4v) is 3.57. The van der Waals surface area contributed by atoms with Gasteiger partial charge in [-0.3, -0.25) is 4.79 Å². The van der Waals surface area contributed by atoms with E-state index < -0.39 is 0 Å². The first-order valence-corrected chi connectivity index (χ1v) is 8.85. The van der Waals surface area contributed by atoms with Crippen molar-refractivity contribution < 1.29 is 4.79 Å². The molecule has 0 N–H and O–H groups in total. The molecule has 0 spiro atoms. The fourth-order valence-electron chi connectivity index (χ4n) is 3.57. The molecule has 3 aromatic carbocycles. The lowest BCUT2D eigenvalue weighted by atomic mass is 10.0. The van der Waals surface area contributed by atoms with E-state index in [1.165, 1.54) is 11.1 Å². The van der Waals surface area contributed by atoms with Crippen LogP contribution in [0.4, 0.5) is 17.1 Å². The number of hydrogen-bond acceptors (Lipinski definition) is 2.